The van der Waals surface area contributed by atoms with Crippen molar-refractivity contribution in [2.45, 2.75) is 50.6 Å². The zero-order chi connectivity index (χ0) is 31.6. The van der Waals surface area contributed by atoms with Crippen LogP contribution in [0.3, 0.4) is 0 Å². The van der Waals surface area contributed by atoms with Crippen LogP contribution in [0.2, 0.25) is 5.02 Å². The molecule has 0 bridgehead atoms. The second kappa shape index (κ2) is 12.4. The number of carbonyl (C=O) groups is 1. The van der Waals surface area contributed by atoms with E-state index in [1.165, 1.54) is 24.3 Å². The van der Waals surface area contributed by atoms with Crippen molar-refractivity contribution < 1.29 is 45.7 Å². The van der Waals surface area contributed by atoms with Crippen LogP contribution in [0.4, 0.5) is 31.1 Å². The van der Waals surface area contributed by atoms with E-state index in [0.717, 1.165) is 11.1 Å². The topological polar surface area (TPSA) is 86.5 Å². The average Bonchev–Trinajstić information content (AvgIpc) is 3.40. The summed E-state index contributed by atoms with van der Waals surface area (Å²) in [7, 11) is 0. The quantitative estimate of drug-likeness (QED) is 0.160. The van der Waals surface area contributed by atoms with E-state index in [1.807, 2.05) is 24.3 Å². The van der Waals surface area contributed by atoms with Crippen molar-refractivity contribution in [1.82, 2.24) is 14.8 Å². The number of aromatic nitrogens is 3. The largest absolute Gasteiger partial charge is 0.511 e. The Balaban J connectivity index is 1.34. The van der Waals surface area contributed by atoms with Gasteiger partial charge < -0.3 is 14.6 Å². The number of ether oxygens (including phenoxy) is 2. The zero-order valence-electron chi connectivity index (χ0n) is 22.7. The Labute approximate surface area is 252 Å². The first-order valence-corrected chi connectivity index (χ1v) is 13.8. The van der Waals surface area contributed by atoms with Crippen molar-refractivity contribution in [3.05, 3.63) is 88.7 Å². The minimum Gasteiger partial charge on any atom is -0.488 e. The van der Waals surface area contributed by atoms with Gasteiger partial charge in [-0.1, -0.05) is 41.9 Å². The third kappa shape index (κ3) is 7.09. The number of carboxylic acid groups (broad SMARTS) is 1. The normalized spacial score (nSPS) is 17.3. The molecule has 2 aromatic heterocycles. The lowest BCUT2D eigenvalue weighted by atomic mass is 9.78. The van der Waals surface area contributed by atoms with Gasteiger partial charge in [0, 0.05) is 10.6 Å². The molecule has 1 aliphatic rings. The first-order chi connectivity index (χ1) is 20.8. The smallest absolute Gasteiger partial charge is 0.488 e. The van der Waals surface area contributed by atoms with Gasteiger partial charge in [0.05, 0.1) is 17.8 Å². The van der Waals surface area contributed by atoms with Crippen molar-refractivity contribution in [3.63, 3.8) is 0 Å². The molecule has 4 aromatic rings. The number of hydrogen-bond acceptors (Lipinski definition) is 5. The van der Waals surface area contributed by atoms with Crippen LogP contribution in [-0.2, 0) is 12.8 Å². The summed E-state index contributed by atoms with van der Waals surface area (Å²) in [5.74, 6) is -2.11. The van der Waals surface area contributed by atoms with Crippen LogP contribution in [0.25, 0.3) is 17.1 Å². The number of hydrogen-bond donors (Lipinski definition) is 1. The van der Waals surface area contributed by atoms with Gasteiger partial charge in [-0.15, -0.1) is 0 Å². The van der Waals surface area contributed by atoms with Crippen LogP contribution >= 0.6 is 11.6 Å². The van der Waals surface area contributed by atoms with E-state index in [0.29, 0.717) is 40.1 Å². The number of benzene rings is 2. The fourth-order valence-electron chi connectivity index (χ4n) is 5.26. The Morgan fingerprint density at radius 2 is 1.66 bits per heavy atom. The summed E-state index contributed by atoms with van der Waals surface area (Å²) >= 11 is 6.22. The molecule has 0 atom stereocenters. The first kappa shape index (κ1) is 31.2. The fraction of sp³-hybridized carbons (Fsp3) is 0.300. The lowest BCUT2D eigenvalue weighted by molar-refractivity contribution is -0.182. The van der Waals surface area contributed by atoms with E-state index in [4.69, 9.17) is 21.4 Å². The van der Waals surface area contributed by atoms with Gasteiger partial charge in [-0.25, -0.2) is 14.5 Å². The van der Waals surface area contributed by atoms with Crippen LogP contribution in [0.15, 0.2) is 66.9 Å². The molecule has 2 heterocycles. The van der Waals surface area contributed by atoms with E-state index in [1.54, 1.807) is 12.1 Å². The summed E-state index contributed by atoms with van der Waals surface area (Å²) in [6.45, 7) is 0.114. The van der Waals surface area contributed by atoms with Gasteiger partial charge in [0.1, 0.15) is 12.4 Å². The van der Waals surface area contributed by atoms with E-state index in [-0.39, 0.29) is 36.9 Å². The molecule has 1 fully saturated rings. The van der Waals surface area contributed by atoms with Crippen molar-refractivity contribution >= 4 is 17.8 Å². The highest BCUT2D eigenvalue weighted by Crippen LogP contribution is 2.43. The number of rotatable bonds is 7. The number of alkyl halides is 6. The fourth-order valence-corrected chi connectivity index (χ4v) is 5.43. The molecule has 0 aliphatic heterocycles. The molecular weight excluding hydrogens is 616 g/mol. The maximum Gasteiger partial charge on any atom is 0.511 e. The van der Waals surface area contributed by atoms with Gasteiger partial charge in [-0.2, -0.15) is 31.4 Å². The molecule has 232 valence electrons. The van der Waals surface area contributed by atoms with Gasteiger partial charge >= 0.3 is 18.5 Å². The molecule has 0 saturated heterocycles. The summed E-state index contributed by atoms with van der Waals surface area (Å²) in [5.41, 5.74) is 0.882. The molecule has 0 spiro atoms. The maximum atomic E-state index is 13.8. The number of halogens is 7. The van der Waals surface area contributed by atoms with Crippen molar-refractivity contribution in [2.75, 3.05) is 0 Å². The predicted octanol–water partition coefficient (Wildman–Crippen LogP) is 9.08. The summed E-state index contributed by atoms with van der Waals surface area (Å²) in [5, 5.41) is 12.8. The second-order valence-electron chi connectivity index (χ2n) is 10.3. The van der Waals surface area contributed by atoms with Crippen LogP contribution in [0.5, 0.6) is 11.5 Å². The van der Waals surface area contributed by atoms with Crippen molar-refractivity contribution in [1.29, 1.82) is 0 Å². The number of nitrogens with zero attached hydrogens (tertiary/aromatic N) is 3. The minimum absolute atomic E-state index is 0.0594. The van der Waals surface area contributed by atoms with Crippen LogP contribution < -0.4 is 9.47 Å². The maximum absolute atomic E-state index is 13.8. The lowest BCUT2D eigenvalue weighted by Crippen LogP contribution is -2.27. The molecule has 1 aliphatic carbocycles. The Morgan fingerprint density at radius 3 is 2.30 bits per heavy atom. The molecule has 7 nitrogen and oxygen atoms in total. The molecule has 2 aromatic carbocycles. The Morgan fingerprint density at radius 1 is 0.955 bits per heavy atom. The summed E-state index contributed by atoms with van der Waals surface area (Å²) < 4.78 is 91.2. The molecule has 0 radical (unpaired) electrons. The molecule has 0 amide bonds. The van der Waals surface area contributed by atoms with Gasteiger partial charge in [-0.3, -0.25) is 0 Å². The van der Waals surface area contributed by atoms with Crippen LogP contribution in [0, 0.1) is 5.92 Å². The zero-order valence-corrected chi connectivity index (χ0v) is 23.5. The van der Waals surface area contributed by atoms with Crippen molar-refractivity contribution in [2.24, 2.45) is 5.92 Å². The molecular formula is C30H24ClF6N3O4. The van der Waals surface area contributed by atoms with Gasteiger partial charge in [0.2, 0.25) is 0 Å². The highest BCUT2D eigenvalue weighted by atomic mass is 35.5. The Kier molecular flexibility index (Phi) is 8.78. The lowest BCUT2D eigenvalue weighted by Gasteiger charge is -2.30. The van der Waals surface area contributed by atoms with E-state index in [2.05, 4.69) is 14.8 Å². The number of pyridine rings is 1. The standard InChI is InChI=1S/C30H24ClF6N3O4/c31-21-12-13-24(43-16-17-4-6-18(7-5-17)19-8-10-20(11-9-19)29(32,33)34)22(14-21)23-2-1-3-26(39-23)40-27(30(35,36)37)25(15-38-40)44-28(41)42/h1-7,12-15,19-20H,8-11,16H2,(H,41,42). The minimum atomic E-state index is -5.01. The van der Waals surface area contributed by atoms with Crippen molar-refractivity contribution in [3.8, 4) is 28.6 Å². The average molecular weight is 640 g/mol. The van der Waals surface area contributed by atoms with Crippen LogP contribution in [-0.4, -0.2) is 32.2 Å². The summed E-state index contributed by atoms with van der Waals surface area (Å²) in [4.78, 5) is 15.2. The van der Waals surface area contributed by atoms with E-state index in [9.17, 15) is 31.1 Å². The van der Waals surface area contributed by atoms with E-state index >= 15 is 0 Å². The van der Waals surface area contributed by atoms with Gasteiger partial charge in [-0.05, 0) is 73.1 Å². The monoisotopic (exact) mass is 639 g/mol. The Bertz CT molecular complexity index is 1630. The molecule has 44 heavy (non-hydrogen) atoms. The third-order valence-corrected chi connectivity index (χ3v) is 7.64. The first-order valence-electron chi connectivity index (χ1n) is 13.4. The highest BCUT2D eigenvalue weighted by Gasteiger charge is 2.42. The Hall–Kier alpha value is -4.26. The molecule has 0 unspecified atom stereocenters. The highest BCUT2D eigenvalue weighted by molar-refractivity contribution is 6.31. The molecule has 5 rings (SSSR count). The summed E-state index contributed by atoms with van der Waals surface area (Å²) in [6.07, 6.45) is -9.30. The third-order valence-electron chi connectivity index (χ3n) is 7.41. The summed E-state index contributed by atoms with van der Waals surface area (Å²) in [6, 6.07) is 16.4. The molecule has 14 heteroatoms. The van der Waals surface area contributed by atoms with E-state index < -0.39 is 35.9 Å². The van der Waals surface area contributed by atoms with Crippen LogP contribution in [0.1, 0.15) is 48.4 Å². The predicted molar refractivity (Wildman–Crippen MR) is 147 cm³/mol. The molecule has 1 saturated carbocycles. The second-order valence-corrected chi connectivity index (χ2v) is 10.7. The van der Waals surface area contributed by atoms with Gasteiger partial charge in [0.25, 0.3) is 0 Å². The SMILES string of the molecule is O=C(O)Oc1cnn(-c2cccc(-c3cc(Cl)ccc3OCc3ccc(C4CCC(C(F)(F)F)CC4)cc3)n2)c1C(F)(F)F. The molecule has 1 N–H and O–H groups in total. The van der Waals surface area contributed by atoms with Gasteiger partial charge in [0.15, 0.2) is 17.3 Å².